The van der Waals surface area contributed by atoms with Gasteiger partial charge in [-0.05, 0) is 34.1 Å². The summed E-state index contributed by atoms with van der Waals surface area (Å²) in [5, 5.41) is 0. The molecule has 2 saturated heterocycles. The van der Waals surface area contributed by atoms with Gasteiger partial charge in [0.1, 0.15) is 27.9 Å². The third-order valence-corrected chi connectivity index (χ3v) is 5.11. The molecule has 2 heterocycles. The lowest BCUT2D eigenvalue weighted by Crippen LogP contribution is -2.35. The van der Waals surface area contributed by atoms with Crippen LogP contribution in [-0.4, -0.2) is 88.2 Å². The molecule has 2 rings (SSSR count). The Kier molecular flexibility index (Phi) is 8.73. The van der Waals surface area contributed by atoms with Crippen molar-refractivity contribution in [3.63, 3.8) is 0 Å². The van der Waals surface area contributed by atoms with Gasteiger partial charge in [-0.2, -0.15) is 0 Å². The summed E-state index contributed by atoms with van der Waals surface area (Å²) in [6.45, 7) is 7.00. The van der Waals surface area contributed by atoms with Crippen molar-refractivity contribution in [1.29, 1.82) is 0 Å². The number of carbonyl (C=O) groups is 1. The molecule has 0 aromatic carbocycles. The zero-order valence-electron chi connectivity index (χ0n) is 16.6. The van der Waals surface area contributed by atoms with Gasteiger partial charge < -0.3 is 23.8 Å². The molecule has 0 aromatic rings. The Bertz CT molecular complexity index is 576. The van der Waals surface area contributed by atoms with Crippen LogP contribution in [0.3, 0.4) is 0 Å². The van der Waals surface area contributed by atoms with Crippen LogP contribution in [0.25, 0.3) is 0 Å². The van der Waals surface area contributed by atoms with Crippen LogP contribution in [0.2, 0.25) is 0 Å². The summed E-state index contributed by atoms with van der Waals surface area (Å²) < 4.78 is 44.3. The lowest BCUT2D eigenvalue weighted by molar-refractivity contribution is -0.125. The minimum Gasteiger partial charge on any atom is -0.380 e. The first-order chi connectivity index (χ1) is 13.0. The van der Waals surface area contributed by atoms with E-state index in [9.17, 15) is 14.3 Å². The predicted molar refractivity (Wildman–Crippen MR) is 100 cm³/mol. The summed E-state index contributed by atoms with van der Waals surface area (Å²) in [6.07, 6.45) is -3.08. The fourth-order valence-electron chi connectivity index (χ4n) is 2.94. The van der Waals surface area contributed by atoms with Gasteiger partial charge >= 0.3 is 7.82 Å². The third-order valence-electron chi connectivity index (χ3n) is 4.14. The molecule has 3 unspecified atom stereocenters. The lowest BCUT2D eigenvalue weighted by Gasteiger charge is -2.24. The molecule has 0 spiro atoms. The van der Waals surface area contributed by atoms with Crippen molar-refractivity contribution in [2.75, 3.05) is 13.2 Å². The zero-order chi connectivity index (χ0) is 21.1. The smallest absolute Gasteiger partial charge is 0.380 e. The molecule has 9 nitrogen and oxygen atoms in total. The quantitative estimate of drug-likeness (QED) is 0.401. The average Bonchev–Trinajstić information content (AvgIpc) is 3.04. The number of phosphoric ester groups is 1. The normalized spacial score (nSPS) is 35.8. The van der Waals surface area contributed by atoms with Crippen LogP contribution in [0.15, 0.2) is 0 Å². The lowest BCUT2D eigenvalue weighted by atomic mass is 9.95. The third kappa shape index (κ3) is 6.92. The van der Waals surface area contributed by atoms with E-state index in [1.807, 2.05) is 13.8 Å². The van der Waals surface area contributed by atoms with E-state index in [4.69, 9.17) is 43.7 Å². The number of hydrogen-bond acceptors (Lipinski definition) is 8. The fraction of sp³-hybridized carbons (Fsp3) is 0.938. The minimum absolute atomic E-state index is 0.0212. The Morgan fingerprint density at radius 1 is 1.14 bits per heavy atom. The molecule has 2 aliphatic rings. The van der Waals surface area contributed by atoms with E-state index in [0.29, 0.717) is 6.42 Å². The molecule has 0 saturated carbocycles. The van der Waals surface area contributed by atoms with Crippen LogP contribution in [0.1, 0.15) is 34.1 Å². The summed E-state index contributed by atoms with van der Waals surface area (Å²) in [6, 6.07) is -1.82. The van der Waals surface area contributed by atoms with Gasteiger partial charge in [-0.15, -0.1) is 0 Å². The van der Waals surface area contributed by atoms with Gasteiger partial charge in [0.25, 0.3) is 0 Å². The molecule has 0 aromatic heterocycles. The van der Waals surface area contributed by atoms with Crippen LogP contribution in [0, 0.1) is 0 Å². The topological polar surface area (TPSA) is 110 Å². The summed E-state index contributed by atoms with van der Waals surface area (Å²) in [5.41, 5.74) is 0. The van der Waals surface area contributed by atoms with Crippen molar-refractivity contribution in [2.45, 2.75) is 82.7 Å². The molecule has 28 heavy (non-hydrogen) atoms. The monoisotopic (exact) mass is 416 g/mol. The standard InChI is InChI=1S/C16H27B2O9P/c1-8(2)22-6-12-15(14(19)16(18)26-12)27-28(20,21)23-7-11-10(24-9(3)4)5-13(17)25-11/h8-13,15-16H,5-7H2,1-4H3,(H,20,21)/t10?,11-,12-,13-,15?,16-/m1/s1. The Morgan fingerprint density at radius 3 is 2.43 bits per heavy atom. The first kappa shape index (κ1) is 24.0. The van der Waals surface area contributed by atoms with Gasteiger partial charge in [0.05, 0.1) is 37.5 Å². The highest BCUT2D eigenvalue weighted by atomic mass is 31.2. The van der Waals surface area contributed by atoms with Gasteiger partial charge in [-0.25, -0.2) is 4.57 Å². The number of Topliss-reactive ketones (excluding diaryl/α,β-unsaturated/α-hetero) is 1. The van der Waals surface area contributed by atoms with Crippen LogP contribution < -0.4 is 0 Å². The molecule has 2 aliphatic heterocycles. The maximum atomic E-state index is 12.4. The van der Waals surface area contributed by atoms with E-state index >= 15 is 0 Å². The molecule has 0 bridgehead atoms. The average molecular weight is 416 g/mol. The Balaban J connectivity index is 1.94. The van der Waals surface area contributed by atoms with Gasteiger partial charge in [0.15, 0.2) is 11.9 Å². The Hall–Kier alpha value is -0.250. The van der Waals surface area contributed by atoms with Crippen molar-refractivity contribution in [1.82, 2.24) is 0 Å². The molecule has 12 heteroatoms. The Morgan fingerprint density at radius 2 is 1.82 bits per heavy atom. The van der Waals surface area contributed by atoms with Crippen LogP contribution >= 0.6 is 7.82 Å². The highest BCUT2D eigenvalue weighted by molar-refractivity contribution is 7.47. The molecule has 2 fully saturated rings. The zero-order valence-corrected chi connectivity index (χ0v) is 17.4. The highest BCUT2D eigenvalue weighted by Crippen LogP contribution is 2.47. The van der Waals surface area contributed by atoms with Crippen LogP contribution in [0.4, 0.5) is 0 Å². The molecule has 0 aliphatic carbocycles. The second-order valence-electron chi connectivity index (χ2n) is 7.34. The van der Waals surface area contributed by atoms with Gasteiger partial charge in [-0.1, -0.05) is 0 Å². The molecular weight excluding hydrogens is 389 g/mol. The number of ketones is 1. The first-order valence-corrected chi connectivity index (χ1v) is 10.8. The number of carbonyl (C=O) groups excluding carboxylic acids is 1. The summed E-state index contributed by atoms with van der Waals surface area (Å²) >= 11 is 0. The summed E-state index contributed by atoms with van der Waals surface area (Å²) in [5.74, 6) is -0.657. The van der Waals surface area contributed by atoms with E-state index in [0.717, 1.165) is 0 Å². The van der Waals surface area contributed by atoms with E-state index in [1.54, 1.807) is 13.8 Å². The molecular formula is C16H27B2O9P. The van der Waals surface area contributed by atoms with Gasteiger partial charge in [0.2, 0.25) is 0 Å². The second kappa shape index (κ2) is 10.2. The maximum Gasteiger partial charge on any atom is 0.473 e. The molecule has 4 radical (unpaired) electrons. The van der Waals surface area contributed by atoms with Crippen molar-refractivity contribution >= 4 is 29.3 Å². The van der Waals surface area contributed by atoms with Gasteiger partial charge in [0, 0.05) is 6.00 Å². The summed E-state index contributed by atoms with van der Waals surface area (Å²) in [7, 11) is 6.72. The van der Waals surface area contributed by atoms with Crippen molar-refractivity contribution in [3.8, 4) is 0 Å². The highest BCUT2D eigenvalue weighted by Gasteiger charge is 2.46. The summed E-state index contributed by atoms with van der Waals surface area (Å²) in [4.78, 5) is 22.2. The van der Waals surface area contributed by atoms with E-state index in [-0.39, 0.29) is 31.5 Å². The fourth-order valence-corrected chi connectivity index (χ4v) is 3.86. The number of rotatable bonds is 10. The maximum absolute atomic E-state index is 12.4. The van der Waals surface area contributed by atoms with E-state index in [2.05, 4.69) is 0 Å². The van der Waals surface area contributed by atoms with Crippen LogP contribution in [-0.2, 0) is 37.4 Å². The van der Waals surface area contributed by atoms with Crippen molar-refractivity contribution < 1.29 is 42.2 Å². The van der Waals surface area contributed by atoms with Crippen molar-refractivity contribution in [3.05, 3.63) is 0 Å². The SMILES string of the molecule is [B][C@@H]1O[C@H](COC(C)C)C(OP(=O)(O)OC[C@H]2O[C@@H]([B])CC2OC(C)C)C1=O. The molecule has 156 valence electrons. The molecule has 0 amide bonds. The Labute approximate surface area is 168 Å². The van der Waals surface area contributed by atoms with E-state index < -0.39 is 43.9 Å². The predicted octanol–water partition coefficient (Wildman–Crippen LogP) is 0.453. The van der Waals surface area contributed by atoms with Crippen LogP contribution in [0.5, 0.6) is 0 Å². The molecule has 1 N–H and O–H groups in total. The second-order valence-corrected chi connectivity index (χ2v) is 8.75. The van der Waals surface area contributed by atoms with E-state index in [1.165, 1.54) is 0 Å². The minimum atomic E-state index is -4.61. The van der Waals surface area contributed by atoms with Gasteiger partial charge in [-0.3, -0.25) is 13.8 Å². The van der Waals surface area contributed by atoms with Crippen molar-refractivity contribution in [2.24, 2.45) is 0 Å². The first-order valence-electron chi connectivity index (χ1n) is 9.27. The molecule has 7 atom stereocenters. The largest absolute Gasteiger partial charge is 0.473 e. The number of ether oxygens (including phenoxy) is 4. The number of phosphoric acid groups is 1. The number of hydrogen-bond donors (Lipinski definition) is 1.